The van der Waals surface area contributed by atoms with Crippen molar-refractivity contribution < 1.29 is 19.4 Å². The molecule has 0 aromatic heterocycles. The lowest BCUT2D eigenvalue weighted by Gasteiger charge is -2.33. The van der Waals surface area contributed by atoms with E-state index >= 15 is 0 Å². The molecule has 1 amide bonds. The van der Waals surface area contributed by atoms with Gasteiger partial charge in [-0.3, -0.25) is 4.79 Å². The molecular weight excluding hydrogens is 350 g/mol. The maximum Gasteiger partial charge on any atom is 0.329 e. The van der Waals surface area contributed by atoms with Crippen LogP contribution in [0.25, 0.3) is 0 Å². The predicted octanol–water partition coefficient (Wildman–Crippen LogP) is 3.41. The molecule has 0 radical (unpaired) electrons. The number of amides is 1. The molecule has 6 heteroatoms. The number of thioether (sulfide) groups is 1. The Morgan fingerprint density at radius 2 is 1.96 bits per heavy atom. The fourth-order valence-corrected chi connectivity index (χ4v) is 4.86. The summed E-state index contributed by atoms with van der Waals surface area (Å²) < 4.78 is 6.01. The Morgan fingerprint density at radius 3 is 2.65 bits per heavy atom. The van der Waals surface area contributed by atoms with Gasteiger partial charge in [-0.1, -0.05) is 12.1 Å². The summed E-state index contributed by atoms with van der Waals surface area (Å²) in [7, 11) is 0. The number of ether oxygens (including phenoxy) is 1. The van der Waals surface area contributed by atoms with Crippen LogP contribution in [0.15, 0.2) is 24.3 Å². The first-order valence-corrected chi connectivity index (χ1v) is 10.6. The Hall–Kier alpha value is -1.69. The number of carboxylic acids is 1. The van der Waals surface area contributed by atoms with Gasteiger partial charge in [0.25, 0.3) is 0 Å². The number of hydrogen-bond acceptors (Lipinski definition) is 4. The van der Waals surface area contributed by atoms with Gasteiger partial charge in [0, 0.05) is 6.42 Å². The van der Waals surface area contributed by atoms with E-state index in [4.69, 9.17) is 4.74 Å². The zero-order valence-electron chi connectivity index (χ0n) is 15.0. The number of hydrogen-bond donors (Lipinski definition) is 2. The van der Waals surface area contributed by atoms with Crippen molar-refractivity contribution in [2.45, 2.75) is 63.0 Å². The molecule has 0 bridgehead atoms. The second kappa shape index (κ2) is 8.80. The normalized spacial score (nSPS) is 19.8. The van der Waals surface area contributed by atoms with E-state index in [-0.39, 0.29) is 12.3 Å². The second-order valence-electron chi connectivity index (χ2n) is 7.22. The third kappa shape index (κ3) is 4.93. The summed E-state index contributed by atoms with van der Waals surface area (Å²) in [6.07, 6.45) is 6.85. The fourth-order valence-electron chi connectivity index (χ4n) is 3.67. The molecule has 2 aliphatic rings. The quantitative estimate of drug-likeness (QED) is 0.762. The summed E-state index contributed by atoms with van der Waals surface area (Å²) in [5.41, 5.74) is -0.0466. The number of rotatable bonds is 7. The van der Waals surface area contributed by atoms with Gasteiger partial charge in [-0.05, 0) is 74.1 Å². The average Bonchev–Trinajstić information content (AvgIpc) is 3.14. The zero-order valence-corrected chi connectivity index (χ0v) is 15.9. The Kier molecular flexibility index (Phi) is 6.46. The summed E-state index contributed by atoms with van der Waals surface area (Å²) in [5, 5.41) is 12.3. The molecule has 2 N–H and O–H groups in total. The van der Waals surface area contributed by atoms with Crippen LogP contribution in [-0.2, 0) is 16.0 Å². The third-order valence-corrected chi connectivity index (χ3v) is 6.26. The summed E-state index contributed by atoms with van der Waals surface area (Å²) in [5.74, 6) is 1.29. The Labute approximate surface area is 158 Å². The summed E-state index contributed by atoms with van der Waals surface area (Å²) in [6.45, 7) is 0. The van der Waals surface area contributed by atoms with Crippen LogP contribution in [0.1, 0.15) is 50.5 Å². The van der Waals surface area contributed by atoms with Crippen LogP contribution in [0.3, 0.4) is 0 Å². The van der Waals surface area contributed by atoms with Crippen molar-refractivity contribution in [2.24, 2.45) is 0 Å². The molecule has 5 nitrogen and oxygen atoms in total. The SMILES string of the molecule is O=C(CCc1cccc(OC2CCCC2)c1)NC1(C(=O)O)CCSCC1. The zero-order chi connectivity index (χ0) is 18.4. The van der Waals surface area contributed by atoms with Crippen LogP contribution in [0.4, 0.5) is 0 Å². The summed E-state index contributed by atoms with van der Waals surface area (Å²) in [4.78, 5) is 24.0. The number of nitrogens with one attached hydrogen (secondary N) is 1. The molecule has 1 aliphatic carbocycles. The van der Waals surface area contributed by atoms with Gasteiger partial charge < -0.3 is 15.2 Å². The number of benzene rings is 1. The molecular formula is C20H27NO4S. The molecule has 1 heterocycles. The lowest BCUT2D eigenvalue weighted by atomic mass is 9.92. The lowest BCUT2D eigenvalue weighted by molar-refractivity contribution is -0.148. The Balaban J connectivity index is 1.53. The van der Waals surface area contributed by atoms with Crippen molar-refractivity contribution in [1.29, 1.82) is 0 Å². The van der Waals surface area contributed by atoms with Gasteiger partial charge in [-0.2, -0.15) is 11.8 Å². The van der Waals surface area contributed by atoms with Gasteiger partial charge in [0.15, 0.2) is 0 Å². The van der Waals surface area contributed by atoms with E-state index in [9.17, 15) is 14.7 Å². The van der Waals surface area contributed by atoms with Gasteiger partial charge >= 0.3 is 5.97 Å². The highest BCUT2D eigenvalue weighted by Gasteiger charge is 2.41. The van der Waals surface area contributed by atoms with Crippen molar-refractivity contribution in [3.63, 3.8) is 0 Å². The van der Waals surface area contributed by atoms with E-state index in [2.05, 4.69) is 5.32 Å². The first-order valence-electron chi connectivity index (χ1n) is 9.45. The number of aliphatic carboxylic acids is 1. The van der Waals surface area contributed by atoms with E-state index in [1.165, 1.54) is 12.8 Å². The number of aryl methyl sites for hydroxylation is 1. The van der Waals surface area contributed by atoms with Crippen molar-refractivity contribution in [3.8, 4) is 5.75 Å². The average molecular weight is 378 g/mol. The van der Waals surface area contributed by atoms with E-state index in [1.54, 1.807) is 11.8 Å². The van der Waals surface area contributed by atoms with Gasteiger partial charge in [-0.25, -0.2) is 4.79 Å². The molecule has 1 aromatic carbocycles. The van der Waals surface area contributed by atoms with Crippen molar-refractivity contribution in [2.75, 3.05) is 11.5 Å². The maximum atomic E-state index is 12.3. The van der Waals surface area contributed by atoms with Crippen LogP contribution in [0, 0.1) is 0 Å². The van der Waals surface area contributed by atoms with Crippen molar-refractivity contribution in [3.05, 3.63) is 29.8 Å². The number of carboxylic acid groups (broad SMARTS) is 1. The van der Waals surface area contributed by atoms with Crippen LogP contribution >= 0.6 is 11.8 Å². The van der Waals surface area contributed by atoms with E-state index in [0.29, 0.717) is 25.4 Å². The highest BCUT2D eigenvalue weighted by Crippen LogP contribution is 2.28. The molecule has 142 valence electrons. The molecule has 0 atom stereocenters. The largest absolute Gasteiger partial charge is 0.490 e. The summed E-state index contributed by atoms with van der Waals surface area (Å²) >= 11 is 1.74. The number of carbonyl (C=O) groups is 2. The maximum absolute atomic E-state index is 12.3. The smallest absolute Gasteiger partial charge is 0.329 e. The molecule has 3 rings (SSSR count). The van der Waals surface area contributed by atoms with Crippen molar-refractivity contribution in [1.82, 2.24) is 5.32 Å². The highest BCUT2D eigenvalue weighted by molar-refractivity contribution is 7.99. The standard InChI is InChI=1S/C20H27NO4S/c22-18(21-20(19(23)24)10-12-26-13-11-20)9-8-15-4-3-7-17(14-15)25-16-5-1-2-6-16/h3-4,7,14,16H,1-2,5-6,8-13H2,(H,21,22)(H,23,24). The molecule has 2 fully saturated rings. The van der Waals surface area contributed by atoms with Crippen molar-refractivity contribution >= 4 is 23.6 Å². The first kappa shape index (κ1) is 19.1. The van der Waals surface area contributed by atoms with E-state index in [1.807, 2.05) is 24.3 Å². The Morgan fingerprint density at radius 1 is 1.23 bits per heavy atom. The van der Waals surface area contributed by atoms with Gasteiger partial charge in [0.1, 0.15) is 11.3 Å². The minimum Gasteiger partial charge on any atom is -0.490 e. The molecule has 1 saturated carbocycles. The summed E-state index contributed by atoms with van der Waals surface area (Å²) in [6, 6.07) is 7.89. The molecule has 0 unspecified atom stereocenters. The van der Waals surface area contributed by atoms with Gasteiger partial charge in [-0.15, -0.1) is 0 Å². The van der Waals surface area contributed by atoms with Crippen LogP contribution in [-0.4, -0.2) is 40.1 Å². The predicted molar refractivity (Wildman–Crippen MR) is 103 cm³/mol. The van der Waals surface area contributed by atoms with Crippen LogP contribution in [0.2, 0.25) is 0 Å². The second-order valence-corrected chi connectivity index (χ2v) is 8.44. The minimum absolute atomic E-state index is 0.193. The Bertz CT molecular complexity index is 636. The number of carbonyl (C=O) groups excluding carboxylic acids is 1. The first-order chi connectivity index (χ1) is 12.6. The van der Waals surface area contributed by atoms with Gasteiger partial charge in [0.05, 0.1) is 6.10 Å². The molecule has 1 aliphatic heterocycles. The highest BCUT2D eigenvalue weighted by atomic mass is 32.2. The van der Waals surface area contributed by atoms with E-state index < -0.39 is 11.5 Å². The third-order valence-electron chi connectivity index (χ3n) is 5.28. The lowest BCUT2D eigenvalue weighted by Crippen LogP contribution is -2.56. The van der Waals surface area contributed by atoms with Crippen LogP contribution < -0.4 is 10.1 Å². The molecule has 0 spiro atoms. The van der Waals surface area contributed by atoms with Crippen LogP contribution in [0.5, 0.6) is 5.75 Å². The molecule has 1 saturated heterocycles. The molecule has 1 aromatic rings. The monoisotopic (exact) mass is 377 g/mol. The molecule has 26 heavy (non-hydrogen) atoms. The minimum atomic E-state index is -1.09. The van der Waals surface area contributed by atoms with Gasteiger partial charge in [0.2, 0.25) is 5.91 Å². The topological polar surface area (TPSA) is 75.6 Å². The fraction of sp³-hybridized carbons (Fsp3) is 0.600. The van der Waals surface area contributed by atoms with E-state index in [0.717, 1.165) is 35.7 Å².